The Morgan fingerprint density at radius 2 is 1.96 bits per heavy atom. The quantitative estimate of drug-likeness (QED) is 0.686. The molecule has 0 radical (unpaired) electrons. The summed E-state index contributed by atoms with van der Waals surface area (Å²) < 4.78 is 53.2. The molecule has 1 aliphatic heterocycles. The summed E-state index contributed by atoms with van der Waals surface area (Å²) >= 11 is 0. The number of aryl methyl sites for hydroxylation is 1. The number of halogens is 3. The summed E-state index contributed by atoms with van der Waals surface area (Å²) in [6, 6.07) is 1.65. The number of carbonyl (C=O) groups is 1. The van der Waals surface area contributed by atoms with E-state index in [0.717, 1.165) is 29.0 Å². The predicted octanol–water partition coefficient (Wildman–Crippen LogP) is 3.91. The van der Waals surface area contributed by atoms with Gasteiger partial charge in [0.05, 0.1) is 4.90 Å². The Morgan fingerprint density at radius 1 is 1.33 bits per heavy atom. The second kappa shape index (κ2) is 7.47. The Kier molecular flexibility index (Phi) is 5.43. The van der Waals surface area contributed by atoms with Crippen LogP contribution in [0.5, 0.6) is 0 Å². The highest BCUT2D eigenvalue weighted by molar-refractivity contribution is 7.84. The van der Waals surface area contributed by atoms with Crippen molar-refractivity contribution >= 4 is 22.5 Å². The van der Waals surface area contributed by atoms with E-state index in [9.17, 15) is 18.0 Å². The van der Waals surface area contributed by atoms with Crippen LogP contribution < -0.4 is 10.0 Å². The molecule has 0 saturated heterocycles. The van der Waals surface area contributed by atoms with Crippen molar-refractivity contribution in [2.24, 2.45) is 13.0 Å². The lowest BCUT2D eigenvalue weighted by Crippen LogP contribution is -2.33. The fraction of sp³-hybridized carbons (Fsp3) is 0.389. The van der Waals surface area contributed by atoms with E-state index < -0.39 is 34.2 Å². The largest absolute Gasteiger partial charge is 0.345 e. The number of amides is 1. The maximum atomic E-state index is 13.4. The Labute approximate surface area is 158 Å². The number of hydrogen-bond donors (Lipinski definition) is 3. The van der Waals surface area contributed by atoms with Gasteiger partial charge in [0, 0.05) is 37.1 Å². The van der Waals surface area contributed by atoms with Gasteiger partial charge in [0.2, 0.25) is 0 Å². The van der Waals surface area contributed by atoms with Crippen molar-refractivity contribution in [3.63, 3.8) is 0 Å². The lowest BCUT2D eigenvalue weighted by molar-refractivity contribution is 0.101. The average Bonchev–Trinajstić information content (AvgIpc) is 2.83. The van der Waals surface area contributed by atoms with Crippen LogP contribution in [0.4, 0.5) is 18.9 Å². The standard InChI is InChI=1S/C18H21F3N4OS/c1-9(2)14-5-4-11-15(27(22)24-14)8-25(3)17(11)18(26)23-10-6-12(19)16(21)13(20)7-10/h6-9,14H,4-5H2,1-3H3,(H2,22,24)(H,23,26). The molecular weight excluding hydrogens is 377 g/mol. The van der Waals surface area contributed by atoms with Gasteiger partial charge in [-0.2, -0.15) is 0 Å². The van der Waals surface area contributed by atoms with E-state index >= 15 is 0 Å². The third-order valence-corrected chi connectivity index (χ3v) is 6.03. The minimum Gasteiger partial charge on any atom is -0.345 e. The Balaban J connectivity index is 1.92. The van der Waals surface area contributed by atoms with Crippen LogP contribution in [-0.4, -0.2) is 16.5 Å². The summed E-state index contributed by atoms with van der Waals surface area (Å²) in [6.45, 7) is 4.16. The molecule has 2 unspecified atom stereocenters. The van der Waals surface area contributed by atoms with E-state index in [1.165, 1.54) is 0 Å². The molecule has 2 atom stereocenters. The van der Waals surface area contributed by atoms with Gasteiger partial charge in [-0.3, -0.25) is 9.57 Å². The molecule has 3 N–H and O–H groups in total. The summed E-state index contributed by atoms with van der Waals surface area (Å²) in [4.78, 5) is 13.5. The van der Waals surface area contributed by atoms with Crippen LogP contribution in [0.1, 0.15) is 36.3 Å². The SMILES string of the molecule is CC(C)C1CCc2c(cn(C)c2C(=O)Nc2cc(F)c(F)c(F)c2)S(=N)N1. The van der Waals surface area contributed by atoms with E-state index in [1.807, 2.05) is 0 Å². The van der Waals surface area contributed by atoms with E-state index in [1.54, 1.807) is 17.8 Å². The first-order chi connectivity index (χ1) is 12.7. The molecule has 0 spiro atoms. The summed E-state index contributed by atoms with van der Waals surface area (Å²) in [5, 5.41) is 2.43. The van der Waals surface area contributed by atoms with Crippen molar-refractivity contribution in [3.05, 3.63) is 47.0 Å². The third-order valence-electron chi connectivity index (χ3n) is 4.70. The molecule has 5 nitrogen and oxygen atoms in total. The Hall–Kier alpha value is -2.13. The summed E-state index contributed by atoms with van der Waals surface area (Å²) in [5.41, 5.74) is 0.932. The molecule has 0 aliphatic carbocycles. The van der Waals surface area contributed by atoms with Gasteiger partial charge in [-0.25, -0.2) is 17.9 Å². The number of nitrogens with one attached hydrogen (secondary N) is 3. The highest BCUT2D eigenvalue weighted by atomic mass is 32.2. The average molecular weight is 398 g/mol. The normalized spacial score (nSPS) is 19.7. The first kappa shape index (κ1) is 19.6. The predicted molar refractivity (Wildman–Crippen MR) is 98.1 cm³/mol. The lowest BCUT2D eigenvalue weighted by atomic mass is 9.97. The number of rotatable bonds is 3. The molecule has 146 valence electrons. The molecule has 2 aromatic rings. The second-order valence-electron chi connectivity index (χ2n) is 6.95. The minimum atomic E-state index is -1.58. The van der Waals surface area contributed by atoms with Gasteiger partial charge >= 0.3 is 0 Å². The number of anilines is 1. The number of fused-ring (bicyclic) bond motifs is 1. The third kappa shape index (κ3) is 3.79. The van der Waals surface area contributed by atoms with Crippen LogP contribution in [0.2, 0.25) is 0 Å². The molecule has 1 amide bonds. The van der Waals surface area contributed by atoms with E-state index in [0.29, 0.717) is 18.0 Å². The van der Waals surface area contributed by atoms with Gasteiger partial charge in [-0.1, -0.05) is 13.8 Å². The number of hydrogen-bond acceptors (Lipinski definition) is 2. The van der Waals surface area contributed by atoms with Gasteiger partial charge in [0.15, 0.2) is 17.5 Å². The molecule has 9 heteroatoms. The fourth-order valence-electron chi connectivity index (χ4n) is 3.22. The van der Waals surface area contributed by atoms with Gasteiger partial charge in [-0.05, 0) is 35.2 Å². The maximum absolute atomic E-state index is 13.4. The van der Waals surface area contributed by atoms with Crippen molar-refractivity contribution in [2.45, 2.75) is 37.6 Å². The van der Waals surface area contributed by atoms with Gasteiger partial charge in [-0.15, -0.1) is 0 Å². The van der Waals surface area contributed by atoms with Crippen molar-refractivity contribution in [1.29, 1.82) is 4.78 Å². The fourth-order valence-corrected chi connectivity index (χ4v) is 4.75. The van der Waals surface area contributed by atoms with Crippen molar-refractivity contribution in [1.82, 2.24) is 9.29 Å². The summed E-state index contributed by atoms with van der Waals surface area (Å²) in [5.74, 6) is -4.51. The Bertz CT molecular complexity index is 903. The lowest BCUT2D eigenvalue weighted by Gasteiger charge is -2.20. The van der Waals surface area contributed by atoms with Crippen LogP contribution >= 0.6 is 0 Å². The molecule has 3 rings (SSSR count). The Morgan fingerprint density at radius 3 is 2.56 bits per heavy atom. The minimum absolute atomic E-state index is 0.164. The molecular formula is C18H21F3N4OS. The van der Waals surface area contributed by atoms with Crippen molar-refractivity contribution in [3.8, 4) is 0 Å². The van der Waals surface area contributed by atoms with E-state index in [-0.39, 0.29) is 11.7 Å². The first-order valence-corrected chi connectivity index (χ1v) is 9.77. The molecule has 2 heterocycles. The van der Waals surface area contributed by atoms with Crippen LogP contribution in [-0.2, 0) is 24.3 Å². The van der Waals surface area contributed by atoms with Gasteiger partial charge in [0.1, 0.15) is 5.69 Å². The summed E-state index contributed by atoms with van der Waals surface area (Å²) in [7, 11) is 0.721. The molecule has 1 aliphatic rings. The van der Waals surface area contributed by atoms with E-state index in [2.05, 4.69) is 23.9 Å². The van der Waals surface area contributed by atoms with Crippen molar-refractivity contribution in [2.75, 3.05) is 5.32 Å². The topological polar surface area (TPSA) is 69.9 Å². The molecule has 1 aromatic heterocycles. The highest BCUT2D eigenvalue weighted by Crippen LogP contribution is 2.28. The van der Waals surface area contributed by atoms with Gasteiger partial charge < -0.3 is 9.88 Å². The van der Waals surface area contributed by atoms with Crippen LogP contribution in [0.15, 0.2) is 23.2 Å². The van der Waals surface area contributed by atoms with E-state index in [4.69, 9.17) is 4.78 Å². The number of nitrogens with zero attached hydrogens (tertiary/aromatic N) is 1. The number of benzene rings is 1. The van der Waals surface area contributed by atoms with Crippen LogP contribution in [0.3, 0.4) is 0 Å². The molecule has 0 bridgehead atoms. The second-order valence-corrected chi connectivity index (χ2v) is 8.24. The molecule has 1 aromatic carbocycles. The molecule has 27 heavy (non-hydrogen) atoms. The van der Waals surface area contributed by atoms with Crippen LogP contribution in [0.25, 0.3) is 0 Å². The number of carbonyl (C=O) groups excluding carboxylic acids is 1. The molecule has 0 fully saturated rings. The van der Waals surface area contributed by atoms with Crippen molar-refractivity contribution < 1.29 is 18.0 Å². The zero-order valence-electron chi connectivity index (χ0n) is 15.2. The van der Waals surface area contributed by atoms with Crippen LogP contribution in [0, 0.1) is 28.1 Å². The first-order valence-electron chi connectivity index (χ1n) is 8.54. The zero-order chi connectivity index (χ0) is 19.9. The summed E-state index contributed by atoms with van der Waals surface area (Å²) in [6.07, 6.45) is 3.13. The zero-order valence-corrected chi connectivity index (χ0v) is 16.0. The maximum Gasteiger partial charge on any atom is 0.272 e. The smallest absolute Gasteiger partial charge is 0.272 e. The monoisotopic (exact) mass is 398 g/mol. The highest BCUT2D eigenvalue weighted by Gasteiger charge is 2.28. The van der Waals surface area contributed by atoms with Gasteiger partial charge in [0.25, 0.3) is 5.91 Å². The number of aromatic nitrogens is 1. The molecule has 0 saturated carbocycles.